The molecule has 15 heavy (non-hydrogen) atoms. The lowest BCUT2D eigenvalue weighted by Gasteiger charge is -2.25. The number of anilines is 1. The number of benzene rings is 1. The van der Waals surface area contributed by atoms with Crippen LogP contribution in [-0.2, 0) is 0 Å². The molecule has 1 aliphatic heterocycles. The number of hydrogen-bond donors (Lipinski definition) is 0. The van der Waals surface area contributed by atoms with Crippen LogP contribution in [0.4, 0.5) is 5.13 Å². The molecule has 0 atom stereocenters. The van der Waals surface area contributed by atoms with Crippen molar-refractivity contribution >= 4 is 26.7 Å². The maximum absolute atomic E-state index is 4.68. The summed E-state index contributed by atoms with van der Waals surface area (Å²) in [4.78, 5) is 7.11. The molecule has 0 unspecified atom stereocenters. The number of piperidine rings is 1. The van der Waals surface area contributed by atoms with Gasteiger partial charge in [-0.1, -0.05) is 23.5 Å². The lowest BCUT2D eigenvalue weighted by Crippen LogP contribution is -2.29. The number of fused-ring (bicyclic) bond motifs is 1. The zero-order valence-electron chi connectivity index (χ0n) is 8.65. The van der Waals surface area contributed by atoms with Crippen LogP contribution >= 0.6 is 11.3 Å². The van der Waals surface area contributed by atoms with E-state index in [0.29, 0.717) is 0 Å². The zero-order valence-corrected chi connectivity index (χ0v) is 9.46. The Hall–Kier alpha value is -1.09. The van der Waals surface area contributed by atoms with Crippen LogP contribution in [0.15, 0.2) is 24.3 Å². The minimum Gasteiger partial charge on any atom is -0.348 e. The number of para-hydroxylation sites is 1. The number of rotatable bonds is 1. The van der Waals surface area contributed by atoms with Crippen molar-refractivity contribution < 1.29 is 0 Å². The van der Waals surface area contributed by atoms with Crippen molar-refractivity contribution in [3.8, 4) is 0 Å². The minimum atomic E-state index is 1.14. The van der Waals surface area contributed by atoms with Crippen LogP contribution in [0.1, 0.15) is 19.3 Å². The number of nitrogens with zero attached hydrogens (tertiary/aromatic N) is 2. The van der Waals surface area contributed by atoms with E-state index in [1.807, 2.05) is 11.3 Å². The largest absolute Gasteiger partial charge is 0.348 e. The fraction of sp³-hybridized carbons (Fsp3) is 0.417. The van der Waals surface area contributed by atoms with Crippen LogP contribution in [0.5, 0.6) is 0 Å². The van der Waals surface area contributed by atoms with Crippen LogP contribution in [0.3, 0.4) is 0 Å². The highest BCUT2D eigenvalue weighted by Crippen LogP contribution is 2.29. The van der Waals surface area contributed by atoms with E-state index in [2.05, 4.69) is 34.1 Å². The van der Waals surface area contributed by atoms with Crippen LogP contribution in [-0.4, -0.2) is 18.1 Å². The third-order valence-corrected chi connectivity index (χ3v) is 4.01. The molecule has 1 fully saturated rings. The maximum atomic E-state index is 4.68. The predicted molar refractivity (Wildman–Crippen MR) is 65.7 cm³/mol. The molecule has 3 heteroatoms. The smallest absolute Gasteiger partial charge is 0.186 e. The summed E-state index contributed by atoms with van der Waals surface area (Å²) in [6.07, 6.45) is 4.01. The second kappa shape index (κ2) is 3.81. The van der Waals surface area contributed by atoms with Gasteiger partial charge in [-0.2, -0.15) is 0 Å². The first-order valence-electron chi connectivity index (χ1n) is 5.54. The average molecular weight is 218 g/mol. The number of aromatic nitrogens is 1. The van der Waals surface area contributed by atoms with E-state index >= 15 is 0 Å². The minimum absolute atomic E-state index is 1.14. The average Bonchev–Trinajstić information content (AvgIpc) is 2.74. The van der Waals surface area contributed by atoms with E-state index < -0.39 is 0 Å². The van der Waals surface area contributed by atoms with Gasteiger partial charge >= 0.3 is 0 Å². The van der Waals surface area contributed by atoms with E-state index in [-0.39, 0.29) is 0 Å². The van der Waals surface area contributed by atoms with Gasteiger partial charge in [-0.25, -0.2) is 4.98 Å². The van der Waals surface area contributed by atoms with Crippen molar-refractivity contribution in [2.75, 3.05) is 18.0 Å². The van der Waals surface area contributed by atoms with Gasteiger partial charge in [0.2, 0.25) is 0 Å². The predicted octanol–water partition coefficient (Wildman–Crippen LogP) is 3.29. The van der Waals surface area contributed by atoms with Crippen LogP contribution in [0, 0.1) is 0 Å². The Morgan fingerprint density at radius 1 is 1.07 bits per heavy atom. The normalized spacial score (nSPS) is 17.2. The van der Waals surface area contributed by atoms with Crippen molar-refractivity contribution in [3.05, 3.63) is 24.3 Å². The molecule has 1 aliphatic rings. The van der Waals surface area contributed by atoms with Gasteiger partial charge in [-0.05, 0) is 31.4 Å². The lowest BCUT2D eigenvalue weighted by molar-refractivity contribution is 0.577. The van der Waals surface area contributed by atoms with Crippen LogP contribution in [0.2, 0.25) is 0 Å². The van der Waals surface area contributed by atoms with E-state index in [1.165, 1.54) is 42.2 Å². The van der Waals surface area contributed by atoms with Gasteiger partial charge in [0.25, 0.3) is 0 Å². The van der Waals surface area contributed by atoms with Crippen molar-refractivity contribution in [3.63, 3.8) is 0 Å². The summed E-state index contributed by atoms with van der Waals surface area (Å²) in [6, 6.07) is 8.39. The fourth-order valence-electron chi connectivity index (χ4n) is 2.08. The molecule has 0 bridgehead atoms. The molecule has 2 aromatic rings. The Morgan fingerprint density at radius 3 is 2.67 bits per heavy atom. The number of thiazole rings is 1. The Labute approximate surface area is 93.6 Å². The fourth-order valence-corrected chi connectivity index (χ4v) is 3.10. The Kier molecular flexibility index (Phi) is 2.33. The van der Waals surface area contributed by atoms with Crippen molar-refractivity contribution in [1.82, 2.24) is 4.98 Å². The van der Waals surface area contributed by atoms with Crippen LogP contribution in [0.25, 0.3) is 10.2 Å². The zero-order chi connectivity index (χ0) is 10.1. The summed E-state index contributed by atoms with van der Waals surface area (Å²) >= 11 is 1.82. The molecule has 0 saturated carbocycles. The Balaban J connectivity index is 1.96. The van der Waals surface area contributed by atoms with E-state index in [1.54, 1.807) is 0 Å². The van der Waals surface area contributed by atoms with Crippen molar-refractivity contribution in [1.29, 1.82) is 0 Å². The molecule has 0 spiro atoms. The summed E-state index contributed by atoms with van der Waals surface area (Å²) in [6.45, 7) is 2.36. The van der Waals surface area contributed by atoms with Gasteiger partial charge in [0.15, 0.2) is 5.13 Å². The molecule has 0 aliphatic carbocycles. The second-order valence-corrected chi connectivity index (χ2v) is 5.02. The van der Waals surface area contributed by atoms with Crippen molar-refractivity contribution in [2.24, 2.45) is 0 Å². The number of hydrogen-bond acceptors (Lipinski definition) is 3. The van der Waals surface area contributed by atoms with E-state index in [4.69, 9.17) is 0 Å². The van der Waals surface area contributed by atoms with Gasteiger partial charge in [0, 0.05) is 13.1 Å². The SMILES string of the molecule is c1ccc2sc(N3CCCCC3)nc2c1. The molecule has 3 rings (SSSR count). The molecular formula is C12H14N2S. The Morgan fingerprint density at radius 2 is 1.87 bits per heavy atom. The summed E-state index contributed by atoms with van der Waals surface area (Å²) in [5.74, 6) is 0. The molecular weight excluding hydrogens is 204 g/mol. The van der Waals surface area contributed by atoms with Gasteiger partial charge in [0.05, 0.1) is 10.2 Å². The molecule has 1 saturated heterocycles. The van der Waals surface area contributed by atoms with Gasteiger partial charge in [-0.15, -0.1) is 0 Å². The molecule has 1 aromatic heterocycles. The second-order valence-electron chi connectivity index (χ2n) is 4.01. The molecule has 2 nitrogen and oxygen atoms in total. The first-order valence-corrected chi connectivity index (χ1v) is 6.36. The first-order chi connectivity index (χ1) is 7.43. The van der Waals surface area contributed by atoms with Gasteiger partial charge in [0.1, 0.15) is 0 Å². The summed E-state index contributed by atoms with van der Waals surface area (Å²) in [5.41, 5.74) is 1.14. The topological polar surface area (TPSA) is 16.1 Å². The molecule has 2 heterocycles. The molecule has 0 radical (unpaired) electrons. The van der Waals surface area contributed by atoms with Gasteiger partial charge < -0.3 is 4.90 Å². The monoisotopic (exact) mass is 218 g/mol. The quantitative estimate of drug-likeness (QED) is 0.730. The lowest BCUT2D eigenvalue weighted by atomic mass is 10.1. The molecule has 0 N–H and O–H groups in total. The third kappa shape index (κ3) is 1.72. The van der Waals surface area contributed by atoms with Gasteiger partial charge in [-0.3, -0.25) is 0 Å². The molecule has 1 aromatic carbocycles. The summed E-state index contributed by atoms with van der Waals surface area (Å²) in [7, 11) is 0. The van der Waals surface area contributed by atoms with Crippen molar-refractivity contribution in [2.45, 2.75) is 19.3 Å². The highest BCUT2D eigenvalue weighted by atomic mass is 32.1. The third-order valence-electron chi connectivity index (χ3n) is 2.91. The molecule has 0 amide bonds. The maximum Gasteiger partial charge on any atom is 0.186 e. The van der Waals surface area contributed by atoms with Crippen LogP contribution < -0.4 is 4.90 Å². The van der Waals surface area contributed by atoms with E-state index in [0.717, 1.165) is 5.52 Å². The first kappa shape index (κ1) is 9.16. The van der Waals surface area contributed by atoms with E-state index in [9.17, 15) is 0 Å². The highest BCUT2D eigenvalue weighted by molar-refractivity contribution is 7.22. The Bertz CT molecular complexity index is 424. The standard InChI is InChI=1S/C12H14N2S/c1-4-8-14(9-5-1)12-13-10-6-2-3-7-11(10)15-12/h2-3,6-7H,1,4-5,8-9H2. The highest BCUT2D eigenvalue weighted by Gasteiger charge is 2.14. The summed E-state index contributed by atoms with van der Waals surface area (Å²) in [5, 5.41) is 1.20. The summed E-state index contributed by atoms with van der Waals surface area (Å²) < 4.78 is 1.30. The molecule has 78 valence electrons.